The van der Waals surface area contributed by atoms with Gasteiger partial charge in [-0.25, -0.2) is 9.78 Å². The Kier molecular flexibility index (Phi) is 6.38. The zero-order valence-electron chi connectivity index (χ0n) is 17.5. The van der Waals surface area contributed by atoms with Gasteiger partial charge in [-0.2, -0.15) is 5.26 Å². The second kappa shape index (κ2) is 8.95. The Morgan fingerprint density at radius 1 is 1.17 bits per heavy atom. The summed E-state index contributed by atoms with van der Waals surface area (Å²) in [4.78, 5) is 20.8. The summed E-state index contributed by atoms with van der Waals surface area (Å²) in [5, 5.41) is 12.1. The standard InChI is InChI=1S/C23H29N5O/c1-23(2,3)20-6-4-5-18(15-20)7-10-26-22(29)28-13-11-27(12-14-28)21-16-19(17-24)8-9-25-21/h4-6,8-9,15-16H,7,10-14H2,1-3H3,(H,26,29). The summed E-state index contributed by atoms with van der Waals surface area (Å²) in [7, 11) is 0. The Morgan fingerprint density at radius 2 is 1.93 bits per heavy atom. The smallest absolute Gasteiger partial charge is 0.317 e. The predicted molar refractivity (Wildman–Crippen MR) is 115 cm³/mol. The third-order valence-electron chi connectivity index (χ3n) is 5.25. The van der Waals surface area contributed by atoms with Crippen molar-refractivity contribution in [1.29, 1.82) is 5.26 Å². The van der Waals surface area contributed by atoms with Crippen molar-refractivity contribution >= 4 is 11.8 Å². The third-order valence-corrected chi connectivity index (χ3v) is 5.25. The van der Waals surface area contributed by atoms with Gasteiger partial charge in [0, 0.05) is 38.9 Å². The quantitative estimate of drug-likeness (QED) is 0.868. The highest BCUT2D eigenvalue weighted by Crippen LogP contribution is 2.23. The van der Waals surface area contributed by atoms with E-state index >= 15 is 0 Å². The molecule has 0 unspecified atom stereocenters. The number of amides is 2. The number of nitrogens with one attached hydrogen (secondary N) is 1. The fourth-order valence-electron chi connectivity index (χ4n) is 3.42. The van der Waals surface area contributed by atoms with Crippen LogP contribution in [0.25, 0.3) is 0 Å². The molecule has 0 radical (unpaired) electrons. The Balaban J connectivity index is 1.46. The summed E-state index contributed by atoms with van der Waals surface area (Å²) >= 11 is 0. The number of pyridine rings is 1. The average Bonchev–Trinajstić information content (AvgIpc) is 2.73. The summed E-state index contributed by atoms with van der Waals surface area (Å²) < 4.78 is 0. The molecule has 3 rings (SSSR count). The fourth-order valence-corrected chi connectivity index (χ4v) is 3.42. The Hall–Kier alpha value is -3.07. The maximum absolute atomic E-state index is 12.5. The van der Waals surface area contributed by atoms with E-state index in [4.69, 9.17) is 5.26 Å². The fraction of sp³-hybridized carbons (Fsp3) is 0.435. The first-order valence-corrected chi connectivity index (χ1v) is 10.1. The van der Waals surface area contributed by atoms with Gasteiger partial charge in [0.05, 0.1) is 11.6 Å². The molecule has 1 N–H and O–H groups in total. The number of rotatable bonds is 4. The summed E-state index contributed by atoms with van der Waals surface area (Å²) in [5.74, 6) is 0.794. The van der Waals surface area contributed by atoms with Crippen molar-refractivity contribution in [2.24, 2.45) is 0 Å². The summed E-state index contributed by atoms with van der Waals surface area (Å²) in [6.45, 7) is 9.96. The van der Waals surface area contributed by atoms with Crippen LogP contribution in [0.1, 0.15) is 37.5 Å². The Morgan fingerprint density at radius 3 is 2.62 bits per heavy atom. The van der Waals surface area contributed by atoms with Crippen molar-refractivity contribution in [3.05, 3.63) is 59.3 Å². The molecule has 0 saturated carbocycles. The molecule has 0 spiro atoms. The lowest BCUT2D eigenvalue weighted by molar-refractivity contribution is 0.194. The van der Waals surface area contributed by atoms with Gasteiger partial charge < -0.3 is 15.1 Å². The third kappa shape index (κ3) is 5.47. The molecule has 2 aromatic rings. The van der Waals surface area contributed by atoms with Crippen LogP contribution >= 0.6 is 0 Å². The normalized spacial score (nSPS) is 14.4. The number of urea groups is 1. The summed E-state index contributed by atoms with van der Waals surface area (Å²) in [5.41, 5.74) is 3.28. The molecule has 1 aliphatic rings. The zero-order chi connectivity index (χ0) is 20.9. The van der Waals surface area contributed by atoms with Crippen LogP contribution in [0.4, 0.5) is 10.6 Å². The number of aromatic nitrogens is 1. The number of hydrogen-bond acceptors (Lipinski definition) is 4. The van der Waals surface area contributed by atoms with Crippen LogP contribution in [0.2, 0.25) is 0 Å². The molecule has 6 nitrogen and oxygen atoms in total. The van der Waals surface area contributed by atoms with E-state index in [1.54, 1.807) is 18.3 Å². The highest BCUT2D eigenvalue weighted by Gasteiger charge is 2.22. The van der Waals surface area contributed by atoms with Crippen molar-refractivity contribution in [2.45, 2.75) is 32.6 Å². The molecule has 1 aliphatic heterocycles. The van der Waals surface area contributed by atoms with Crippen molar-refractivity contribution in [3.8, 4) is 6.07 Å². The van der Waals surface area contributed by atoms with Gasteiger partial charge in [0.1, 0.15) is 5.82 Å². The van der Waals surface area contributed by atoms with Crippen LogP contribution in [0.5, 0.6) is 0 Å². The average molecular weight is 392 g/mol. The first kappa shape index (κ1) is 20.7. The van der Waals surface area contributed by atoms with Crippen LogP contribution in [-0.2, 0) is 11.8 Å². The van der Waals surface area contributed by atoms with Gasteiger partial charge in [-0.05, 0) is 35.1 Å². The van der Waals surface area contributed by atoms with Gasteiger partial charge >= 0.3 is 6.03 Å². The first-order valence-electron chi connectivity index (χ1n) is 10.1. The second-order valence-electron chi connectivity index (χ2n) is 8.42. The number of anilines is 1. The van der Waals surface area contributed by atoms with Gasteiger partial charge in [-0.3, -0.25) is 0 Å². The SMILES string of the molecule is CC(C)(C)c1cccc(CCNC(=O)N2CCN(c3cc(C#N)ccn3)CC2)c1. The highest BCUT2D eigenvalue weighted by atomic mass is 16.2. The molecule has 1 aromatic carbocycles. The molecule has 152 valence electrons. The molecular formula is C23H29N5O. The van der Waals surface area contributed by atoms with Crippen molar-refractivity contribution < 1.29 is 4.79 Å². The number of hydrogen-bond donors (Lipinski definition) is 1. The maximum Gasteiger partial charge on any atom is 0.317 e. The van der Waals surface area contributed by atoms with E-state index in [2.05, 4.69) is 66.3 Å². The maximum atomic E-state index is 12.5. The minimum atomic E-state index is -0.0182. The zero-order valence-corrected chi connectivity index (χ0v) is 17.5. The van der Waals surface area contributed by atoms with Gasteiger partial charge in [0.15, 0.2) is 0 Å². The van der Waals surface area contributed by atoms with Gasteiger partial charge in [-0.1, -0.05) is 45.0 Å². The molecule has 2 amide bonds. The lowest BCUT2D eigenvalue weighted by Crippen LogP contribution is -2.52. The number of nitrogens with zero attached hydrogens (tertiary/aromatic N) is 4. The molecule has 0 aliphatic carbocycles. The number of benzene rings is 1. The van der Waals surface area contributed by atoms with Crippen molar-refractivity contribution in [3.63, 3.8) is 0 Å². The molecular weight excluding hydrogens is 362 g/mol. The molecule has 0 atom stereocenters. The second-order valence-corrected chi connectivity index (χ2v) is 8.42. The molecule has 1 saturated heterocycles. The lowest BCUT2D eigenvalue weighted by Gasteiger charge is -2.35. The molecule has 1 fully saturated rings. The largest absolute Gasteiger partial charge is 0.353 e. The van der Waals surface area contributed by atoms with Crippen molar-refractivity contribution in [2.75, 3.05) is 37.6 Å². The van der Waals surface area contributed by atoms with E-state index in [-0.39, 0.29) is 11.4 Å². The number of piperazine rings is 1. The summed E-state index contributed by atoms with van der Waals surface area (Å²) in [6, 6.07) is 14.2. The number of carbonyl (C=O) groups excluding carboxylic acids is 1. The van der Waals surface area contributed by atoms with E-state index in [1.807, 2.05) is 4.90 Å². The number of nitriles is 1. The van der Waals surface area contributed by atoms with E-state index in [1.165, 1.54) is 11.1 Å². The molecule has 6 heteroatoms. The topological polar surface area (TPSA) is 72.3 Å². The van der Waals surface area contributed by atoms with E-state index < -0.39 is 0 Å². The van der Waals surface area contributed by atoms with Crippen LogP contribution < -0.4 is 10.2 Å². The van der Waals surface area contributed by atoms with Crippen LogP contribution in [-0.4, -0.2) is 48.6 Å². The minimum Gasteiger partial charge on any atom is -0.353 e. The lowest BCUT2D eigenvalue weighted by atomic mass is 9.86. The van der Waals surface area contributed by atoms with Crippen molar-refractivity contribution in [1.82, 2.24) is 15.2 Å². The highest BCUT2D eigenvalue weighted by molar-refractivity contribution is 5.74. The number of carbonyl (C=O) groups is 1. The molecule has 0 bridgehead atoms. The van der Waals surface area contributed by atoms with E-state index in [9.17, 15) is 4.79 Å². The van der Waals surface area contributed by atoms with Crippen LogP contribution in [0, 0.1) is 11.3 Å². The monoisotopic (exact) mass is 391 g/mol. The molecule has 1 aromatic heterocycles. The molecule has 2 heterocycles. The van der Waals surface area contributed by atoms with Crippen LogP contribution in [0.15, 0.2) is 42.6 Å². The first-order chi connectivity index (χ1) is 13.9. The Bertz CT molecular complexity index is 889. The summed E-state index contributed by atoms with van der Waals surface area (Å²) in [6.07, 6.45) is 2.47. The minimum absolute atomic E-state index is 0.0182. The van der Waals surface area contributed by atoms with E-state index in [0.29, 0.717) is 38.3 Å². The molecule has 29 heavy (non-hydrogen) atoms. The van der Waals surface area contributed by atoms with Gasteiger partial charge in [-0.15, -0.1) is 0 Å². The van der Waals surface area contributed by atoms with E-state index in [0.717, 1.165) is 12.2 Å². The van der Waals surface area contributed by atoms with Gasteiger partial charge in [0.25, 0.3) is 0 Å². The Labute approximate surface area is 173 Å². The van der Waals surface area contributed by atoms with Gasteiger partial charge in [0.2, 0.25) is 0 Å². The predicted octanol–water partition coefficient (Wildman–Crippen LogP) is 3.33. The van der Waals surface area contributed by atoms with Crippen LogP contribution in [0.3, 0.4) is 0 Å².